The van der Waals surface area contributed by atoms with Crippen molar-refractivity contribution in [3.8, 4) is 0 Å². The number of nitrogen functional groups attached to an aromatic ring is 1. The average molecular weight is 287 g/mol. The second-order valence-corrected chi connectivity index (χ2v) is 8.03. The normalized spacial score (nSPS) is 24.9. The van der Waals surface area contributed by atoms with E-state index in [2.05, 4.69) is 0 Å². The van der Waals surface area contributed by atoms with Crippen molar-refractivity contribution in [2.75, 3.05) is 12.0 Å². The van der Waals surface area contributed by atoms with Crippen LogP contribution in [0.5, 0.6) is 0 Å². The quantitative estimate of drug-likeness (QED) is 0.864. The molecule has 2 unspecified atom stereocenters. The third-order valence-electron chi connectivity index (χ3n) is 3.55. The molecular formula is C12H17NO3S2. The van der Waals surface area contributed by atoms with Gasteiger partial charge in [-0.1, -0.05) is 12.8 Å². The van der Waals surface area contributed by atoms with Crippen molar-refractivity contribution in [1.82, 2.24) is 0 Å². The van der Waals surface area contributed by atoms with Crippen LogP contribution in [0.4, 0.5) is 5.00 Å². The Morgan fingerprint density at radius 3 is 2.61 bits per heavy atom. The molecule has 0 aliphatic heterocycles. The van der Waals surface area contributed by atoms with E-state index in [1.807, 2.05) is 0 Å². The lowest BCUT2D eigenvalue weighted by atomic mass is 9.84. The van der Waals surface area contributed by atoms with Crippen molar-refractivity contribution in [2.45, 2.75) is 30.9 Å². The van der Waals surface area contributed by atoms with Gasteiger partial charge in [-0.2, -0.15) is 0 Å². The summed E-state index contributed by atoms with van der Waals surface area (Å²) in [6, 6.07) is 1.69. The maximum absolute atomic E-state index is 12.4. The first-order chi connectivity index (χ1) is 8.41. The molecule has 0 aromatic carbocycles. The molecule has 100 valence electrons. The zero-order chi connectivity index (χ0) is 13.3. The molecule has 2 N–H and O–H groups in total. The van der Waals surface area contributed by atoms with E-state index in [0.29, 0.717) is 23.4 Å². The van der Waals surface area contributed by atoms with Gasteiger partial charge in [0.2, 0.25) is 0 Å². The summed E-state index contributed by atoms with van der Waals surface area (Å²) in [7, 11) is -3.18. The summed E-state index contributed by atoms with van der Waals surface area (Å²) in [5, 5.41) is 1.71. The second kappa shape index (κ2) is 5.01. The van der Waals surface area contributed by atoms with E-state index in [-0.39, 0.29) is 5.78 Å². The highest BCUT2D eigenvalue weighted by Gasteiger charge is 2.38. The summed E-state index contributed by atoms with van der Waals surface area (Å²) in [5.41, 5.74) is 6.24. The van der Waals surface area contributed by atoms with Gasteiger partial charge in [-0.25, -0.2) is 8.42 Å². The van der Waals surface area contributed by atoms with Gasteiger partial charge >= 0.3 is 0 Å². The van der Waals surface area contributed by atoms with Crippen LogP contribution in [0.15, 0.2) is 11.4 Å². The number of carbonyl (C=O) groups excluding carboxylic acids is 1. The Morgan fingerprint density at radius 1 is 1.39 bits per heavy atom. The number of carbonyl (C=O) groups is 1. The molecule has 2 rings (SSSR count). The van der Waals surface area contributed by atoms with Gasteiger partial charge in [0.1, 0.15) is 0 Å². The molecule has 0 radical (unpaired) electrons. The van der Waals surface area contributed by atoms with Crippen LogP contribution >= 0.6 is 11.3 Å². The summed E-state index contributed by atoms with van der Waals surface area (Å²) in [6.07, 6.45) is 4.23. The Labute approximate surface area is 111 Å². The minimum absolute atomic E-state index is 0.108. The Morgan fingerprint density at radius 2 is 2.06 bits per heavy atom. The SMILES string of the molecule is CS(=O)(=O)C1CCCCC1C(=O)c1ccsc1N. The number of thiophene rings is 1. The molecule has 0 amide bonds. The Balaban J connectivity index is 2.30. The fraction of sp³-hybridized carbons (Fsp3) is 0.583. The molecule has 18 heavy (non-hydrogen) atoms. The number of sulfone groups is 1. The van der Waals surface area contributed by atoms with Gasteiger partial charge in [-0.05, 0) is 24.3 Å². The average Bonchev–Trinajstić information content (AvgIpc) is 2.73. The number of nitrogens with two attached hydrogens (primary N) is 1. The molecule has 1 aromatic rings. The highest BCUT2D eigenvalue weighted by molar-refractivity contribution is 7.91. The lowest BCUT2D eigenvalue weighted by Crippen LogP contribution is -2.37. The number of ketones is 1. The van der Waals surface area contributed by atoms with Gasteiger partial charge < -0.3 is 5.73 Å². The van der Waals surface area contributed by atoms with Crippen LogP contribution in [-0.4, -0.2) is 25.7 Å². The molecule has 0 spiro atoms. The Kier molecular flexibility index (Phi) is 3.77. The van der Waals surface area contributed by atoms with Crippen LogP contribution in [0.25, 0.3) is 0 Å². The summed E-state index contributed by atoms with van der Waals surface area (Å²) in [5.74, 6) is -0.533. The van der Waals surface area contributed by atoms with E-state index in [4.69, 9.17) is 5.73 Å². The van der Waals surface area contributed by atoms with E-state index in [9.17, 15) is 13.2 Å². The minimum Gasteiger partial charge on any atom is -0.390 e. The predicted molar refractivity (Wildman–Crippen MR) is 73.7 cm³/mol. The van der Waals surface area contributed by atoms with Gasteiger partial charge in [0.25, 0.3) is 0 Å². The van der Waals surface area contributed by atoms with Crippen molar-refractivity contribution in [3.05, 3.63) is 17.0 Å². The van der Waals surface area contributed by atoms with Gasteiger partial charge in [-0.3, -0.25) is 4.79 Å². The van der Waals surface area contributed by atoms with E-state index in [0.717, 1.165) is 12.8 Å². The van der Waals surface area contributed by atoms with Gasteiger partial charge in [0, 0.05) is 12.2 Å². The fourth-order valence-electron chi connectivity index (χ4n) is 2.63. The largest absolute Gasteiger partial charge is 0.390 e. The topological polar surface area (TPSA) is 77.2 Å². The first kappa shape index (κ1) is 13.5. The third kappa shape index (κ3) is 2.59. The van der Waals surface area contributed by atoms with E-state index >= 15 is 0 Å². The number of rotatable bonds is 3. The molecule has 1 heterocycles. The lowest BCUT2D eigenvalue weighted by Gasteiger charge is -2.28. The van der Waals surface area contributed by atoms with Crippen molar-refractivity contribution < 1.29 is 13.2 Å². The van der Waals surface area contributed by atoms with Crippen LogP contribution in [0, 0.1) is 5.92 Å². The summed E-state index contributed by atoms with van der Waals surface area (Å²) in [6.45, 7) is 0. The molecule has 2 atom stereocenters. The number of hydrogen-bond donors (Lipinski definition) is 1. The second-order valence-electron chi connectivity index (χ2n) is 4.82. The first-order valence-corrected chi connectivity index (χ1v) is 8.80. The maximum atomic E-state index is 12.4. The van der Waals surface area contributed by atoms with Crippen molar-refractivity contribution in [2.24, 2.45) is 5.92 Å². The molecule has 1 aromatic heterocycles. The van der Waals surface area contributed by atoms with Crippen LogP contribution in [0.1, 0.15) is 36.0 Å². The van der Waals surface area contributed by atoms with E-state index in [1.54, 1.807) is 11.4 Å². The molecule has 4 nitrogen and oxygen atoms in total. The smallest absolute Gasteiger partial charge is 0.170 e. The molecule has 1 saturated carbocycles. The van der Waals surface area contributed by atoms with Crippen LogP contribution < -0.4 is 5.73 Å². The Hall–Kier alpha value is -0.880. The number of Topliss-reactive ketones (excluding diaryl/α,β-unsaturated/α-hetero) is 1. The molecule has 0 bridgehead atoms. The van der Waals surface area contributed by atoms with Crippen molar-refractivity contribution >= 4 is 32.0 Å². The Bertz CT molecular complexity index is 547. The molecule has 1 aliphatic carbocycles. The van der Waals surface area contributed by atoms with Gasteiger partial charge in [0.05, 0.1) is 15.8 Å². The maximum Gasteiger partial charge on any atom is 0.170 e. The van der Waals surface area contributed by atoms with Crippen molar-refractivity contribution in [3.63, 3.8) is 0 Å². The summed E-state index contributed by atoms with van der Waals surface area (Å²) < 4.78 is 23.5. The number of hydrogen-bond acceptors (Lipinski definition) is 5. The molecule has 1 aliphatic rings. The molecule has 0 saturated heterocycles. The van der Waals surface area contributed by atoms with Crippen LogP contribution in [0.3, 0.4) is 0 Å². The standard InChI is InChI=1S/C12H17NO3S2/c1-18(15,16)10-5-3-2-4-8(10)11(14)9-6-7-17-12(9)13/h6-8,10H,2-5,13H2,1H3. The highest BCUT2D eigenvalue weighted by atomic mass is 32.2. The van der Waals surface area contributed by atoms with E-state index < -0.39 is 21.0 Å². The monoisotopic (exact) mass is 287 g/mol. The van der Waals surface area contributed by atoms with E-state index in [1.165, 1.54) is 17.6 Å². The molecular weight excluding hydrogens is 270 g/mol. The molecule has 1 fully saturated rings. The fourth-order valence-corrected chi connectivity index (χ4v) is 4.73. The van der Waals surface area contributed by atoms with Crippen LogP contribution in [0.2, 0.25) is 0 Å². The molecule has 6 heteroatoms. The van der Waals surface area contributed by atoms with Crippen LogP contribution in [-0.2, 0) is 9.84 Å². The zero-order valence-corrected chi connectivity index (χ0v) is 11.9. The van der Waals surface area contributed by atoms with Crippen molar-refractivity contribution in [1.29, 1.82) is 0 Å². The number of anilines is 1. The van der Waals surface area contributed by atoms with Gasteiger partial charge in [-0.15, -0.1) is 11.3 Å². The highest BCUT2D eigenvalue weighted by Crippen LogP contribution is 2.34. The first-order valence-electron chi connectivity index (χ1n) is 5.97. The predicted octanol–water partition coefficient (Wildman–Crippen LogP) is 2.12. The lowest BCUT2D eigenvalue weighted by molar-refractivity contribution is 0.0893. The van der Waals surface area contributed by atoms with Gasteiger partial charge in [0.15, 0.2) is 15.6 Å². The summed E-state index contributed by atoms with van der Waals surface area (Å²) >= 11 is 1.31. The summed E-state index contributed by atoms with van der Waals surface area (Å²) in [4.78, 5) is 12.4. The zero-order valence-electron chi connectivity index (χ0n) is 10.3. The minimum atomic E-state index is -3.18. The third-order valence-corrected chi connectivity index (χ3v) is 5.96.